The third kappa shape index (κ3) is 1.86. The number of aromatic nitrogens is 1. The van der Waals surface area contributed by atoms with Crippen LogP contribution in [0, 0.1) is 6.92 Å². The smallest absolute Gasteiger partial charge is 0.344 e. The molecule has 0 aliphatic carbocycles. The van der Waals surface area contributed by atoms with Crippen LogP contribution in [0.15, 0.2) is 63.9 Å². The average molecular weight is 275 g/mol. The summed E-state index contributed by atoms with van der Waals surface area (Å²) in [6, 6.07) is 15.6. The molecule has 0 spiro atoms. The molecule has 4 rings (SSSR count). The lowest BCUT2D eigenvalue weighted by molar-refractivity contribution is 0.563. The third-order valence-corrected chi connectivity index (χ3v) is 3.77. The van der Waals surface area contributed by atoms with Crippen LogP contribution in [0.4, 0.5) is 0 Å². The molecule has 0 atom stereocenters. The lowest BCUT2D eigenvalue weighted by Gasteiger charge is -2.02. The molecular formula is C18H13NO2. The zero-order valence-electron chi connectivity index (χ0n) is 11.5. The number of fused-ring (bicyclic) bond motifs is 2. The summed E-state index contributed by atoms with van der Waals surface area (Å²) in [6.45, 7) is 2.04. The second-order valence-electron chi connectivity index (χ2n) is 5.24. The number of aromatic amines is 1. The van der Waals surface area contributed by atoms with Crippen molar-refractivity contribution in [2.24, 2.45) is 0 Å². The first kappa shape index (κ1) is 12.0. The normalized spacial score (nSPS) is 11.3. The van der Waals surface area contributed by atoms with Gasteiger partial charge in [-0.15, -0.1) is 0 Å². The Morgan fingerprint density at radius 3 is 2.76 bits per heavy atom. The summed E-state index contributed by atoms with van der Waals surface area (Å²) in [5, 5.41) is 1.96. The van der Waals surface area contributed by atoms with Crippen LogP contribution in [0.25, 0.3) is 33.0 Å². The molecule has 102 valence electrons. The van der Waals surface area contributed by atoms with Gasteiger partial charge in [0.05, 0.1) is 5.56 Å². The number of para-hydroxylation sites is 1. The van der Waals surface area contributed by atoms with E-state index >= 15 is 0 Å². The Balaban J connectivity index is 2.06. The van der Waals surface area contributed by atoms with E-state index in [0.29, 0.717) is 11.1 Å². The molecule has 4 aromatic rings. The van der Waals surface area contributed by atoms with Crippen molar-refractivity contribution in [2.75, 3.05) is 0 Å². The van der Waals surface area contributed by atoms with Crippen molar-refractivity contribution in [2.45, 2.75) is 6.92 Å². The van der Waals surface area contributed by atoms with Crippen molar-refractivity contribution in [1.82, 2.24) is 4.98 Å². The molecule has 3 nitrogen and oxygen atoms in total. The van der Waals surface area contributed by atoms with E-state index in [0.717, 1.165) is 27.4 Å². The number of benzene rings is 2. The van der Waals surface area contributed by atoms with E-state index in [-0.39, 0.29) is 5.63 Å². The number of H-pyrrole nitrogens is 1. The fourth-order valence-electron chi connectivity index (χ4n) is 2.71. The minimum atomic E-state index is -0.309. The molecule has 0 unspecified atom stereocenters. The Bertz CT molecular complexity index is 1020. The number of nitrogens with one attached hydrogen (secondary N) is 1. The lowest BCUT2D eigenvalue weighted by atomic mass is 10.0. The predicted molar refractivity (Wildman–Crippen MR) is 84.5 cm³/mol. The van der Waals surface area contributed by atoms with E-state index in [1.807, 2.05) is 49.5 Å². The van der Waals surface area contributed by atoms with Gasteiger partial charge in [0.2, 0.25) is 0 Å². The van der Waals surface area contributed by atoms with Crippen LogP contribution >= 0.6 is 0 Å². The Kier molecular flexibility index (Phi) is 2.48. The van der Waals surface area contributed by atoms with E-state index < -0.39 is 0 Å². The summed E-state index contributed by atoms with van der Waals surface area (Å²) in [7, 11) is 0. The summed E-state index contributed by atoms with van der Waals surface area (Å²) in [5.74, 6) is 0. The van der Waals surface area contributed by atoms with Crippen LogP contribution in [0.3, 0.4) is 0 Å². The zero-order chi connectivity index (χ0) is 14.4. The first-order valence-electron chi connectivity index (χ1n) is 6.83. The van der Waals surface area contributed by atoms with E-state index in [2.05, 4.69) is 11.1 Å². The van der Waals surface area contributed by atoms with Crippen LogP contribution in [-0.4, -0.2) is 4.98 Å². The number of aryl methyl sites for hydroxylation is 1. The molecule has 2 aromatic heterocycles. The maximum atomic E-state index is 12.3. The van der Waals surface area contributed by atoms with E-state index in [4.69, 9.17) is 4.42 Å². The quantitative estimate of drug-likeness (QED) is 0.528. The van der Waals surface area contributed by atoms with Gasteiger partial charge in [0.25, 0.3) is 0 Å². The van der Waals surface area contributed by atoms with Crippen LogP contribution in [0.1, 0.15) is 5.56 Å². The average Bonchev–Trinajstić information content (AvgIpc) is 2.89. The Morgan fingerprint density at radius 2 is 1.86 bits per heavy atom. The van der Waals surface area contributed by atoms with Gasteiger partial charge in [-0.2, -0.15) is 0 Å². The van der Waals surface area contributed by atoms with Crippen molar-refractivity contribution in [3.8, 4) is 11.1 Å². The number of rotatable bonds is 1. The summed E-state index contributed by atoms with van der Waals surface area (Å²) in [6.07, 6.45) is 1.87. The minimum Gasteiger partial charge on any atom is -0.422 e. The van der Waals surface area contributed by atoms with Crippen molar-refractivity contribution in [1.29, 1.82) is 0 Å². The maximum Gasteiger partial charge on any atom is 0.344 e. The molecule has 0 aliphatic heterocycles. The molecule has 0 bridgehead atoms. The Hall–Kier alpha value is -2.81. The molecule has 1 N–H and O–H groups in total. The maximum absolute atomic E-state index is 12.3. The first-order valence-corrected chi connectivity index (χ1v) is 6.83. The van der Waals surface area contributed by atoms with Gasteiger partial charge >= 0.3 is 5.63 Å². The van der Waals surface area contributed by atoms with Gasteiger partial charge in [-0.25, -0.2) is 4.79 Å². The zero-order valence-corrected chi connectivity index (χ0v) is 11.5. The second-order valence-corrected chi connectivity index (χ2v) is 5.24. The molecule has 0 saturated carbocycles. The number of hydrogen-bond acceptors (Lipinski definition) is 2. The molecule has 0 saturated heterocycles. The Morgan fingerprint density at radius 1 is 1.00 bits per heavy atom. The molecule has 0 amide bonds. The molecule has 0 fully saturated rings. The summed E-state index contributed by atoms with van der Waals surface area (Å²) < 4.78 is 5.43. The molecule has 2 heterocycles. The van der Waals surface area contributed by atoms with E-state index in [1.165, 1.54) is 0 Å². The fourth-order valence-corrected chi connectivity index (χ4v) is 2.71. The molecular weight excluding hydrogens is 262 g/mol. The van der Waals surface area contributed by atoms with Crippen molar-refractivity contribution < 1.29 is 4.42 Å². The van der Waals surface area contributed by atoms with Crippen molar-refractivity contribution in [3.63, 3.8) is 0 Å². The number of hydrogen-bond donors (Lipinski definition) is 1. The van der Waals surface area contributed by atoms with Gasteiger partial charge in [-0.3, -0.25) is 0 Å². The van der Waals surface area contributed by atoms with Crippen molar-refractivity contribution in [3.05, 3.63) is 70.7 Å². The summed E-state index contributed by atoms with van der Waals surface area (Å²) in [4.78, 5) is 15.5. The van der Waals surface area contributed by atoms with Gasteiger partial charge in [0.1, 0.15) is 5.58 Å². The van der Waals surface area contributed by atoms with Crippen LogP contribution in [0.5, 0.6) is 0 Å². The largest absolute Gasteiger partial charge is 0.422 e. The van der Waals surface area contributed by atoms with Crippen molar-refractivity contribution >= 4 is 21.9 Å². The van der Waals surface area contributed by atoms with Gasteiger partial charge in [-0.05, 0) is 31.2 Å². The predicted octanol–water partition coefficient (Wildman–Crippen LogP) is 4.25. The van der Waals surface area contributed by atoms with Gasteiger partial charge in [-0.1, -0.05) is 29.8 Å². The van der Waals surface area contributed by atoms with E-state index in [1.54, 1.807) is 6.07 Å². The second kappa shape index (κ2) is 4.35. The highest BCUT2D eigenvalue weighted by Crippen LogP contribution is 2.29. The monoisotopic (exact) mass is 275 g/mol. The molecule has 3 heteroatoms. The SMILES string of the molecule is Cc1ccc2[nH]cc(-c3cc4ccccc4oc3=O)c2c1. The topological polar surface area (TPSA) is 46.0 Å². The van der Waals surface area contributed by atoms with Crippen LogP contribution in [0.2, 0.25) is 0 Å². The highest BCUT2D eigenvalue weighted by atomic mass is 16.4. The highest BCUT2D eigenvalue weighted by molar-refractivity contribution is 5.97. The minimum absolute atomic E-state index is 0.309. The van der Waals surface area contributed by atoms with Crippen LogP contribution < -0.4 is 5.63 Å². The summed E-state index contributed by atoms with van der Waals surface area (Å²) >= 11 is 0. The fraction of sp³-hybridized carbons (Fsp3) is 0.0556. The lowest BCUT2D eigenvalue weighted by Crippen LogP contribution is -2.02. The molecule has 0 radical (unpaired) electrons. The molecule has 21 heavy (non-hydrogen) atoms. The van der Waals surface area contributed by atoms with E-state index in [9.17, 15) is 4.79 Å². The van der Waals surface area contributed by atoms with Gasteiger partial charge < -0.3 is 9.40 Å². The Labute approximate surface area is 120 Å². The first-order chi connectivity index (χ1) is 10.2. The van der Waals surface area contributed by atoms with Crippen LogP contribution in [-0.2, 0) is 0 Å². The standard InChI is InChI=1S/C18H13NO2/c1-11-6-7-16-13(8-11)15(10-19-16)14-9-12-4-2-3-5-17(12)21-18(14)20/h2-10,19H,1H3. The summed E-state index contributed by atoms with van der Waals surface area (Å²) in [5.41, 5.74) is 3.95. The van der Waals surface area contributed by atoms with Gasteiger partial charge in [0, 0.05) is 28.0 Å². The molecule has 2 aromatic carbocycles. The molecule has 0 aliphatic rings. The van der Waals surface area contributed by atoms with Gasteiger partial charge in [0.15, 0.2) is 0 Å². The highest BCUT2D eigenvalue weighted by Gasteiger charge is 2.12. The third-order valence-electron chi connectivity index (χ3n) is 3.77.